The lowest BCUT2D eigenvalue weighted by Gasteiger charge is -2.32. The molecule has 1 rings (SSSR count). The third kappa shape index (κ3) is 37.2. The number of aliphatic hydroxyl groups excluding tert-OH is 4. The van der Waals surface area contributed by atoms with Gasteiger partial charge in [-0.15, -0.1) is 0 Å². The molecule has 0 bridgehead atoms. The highest BCUT2D eigenvalue weighted by atomic mass is 16.4. The van der Waals surface area contributed by atoms with E-state index in [0.717, 1.165) is 18.7 Å². The number of unbranched alkanes of at least 4 members (excludes halogenated alkanes) is 2. The average Bonchev–Trinajstić information content (AvgIpc) is 1.62. The molecule has 0 saturated carbocycles. The number of hydrogen-bond acceptors (Lipinski definition) is 27. The minimum atomic E-state index is -2.08. The first-order valence-electron chi connectivity index (χ1n) is 37.1. The highest BCUT2D eigenvalue weighted by molar-refractivity contribution is 6.01. The van der Waals surface area contributed by atoms with Gasteiger partial charge in [0.2, 0.25) is 112 Å². The van der Waals surface area contributed by atoms with E-state index in [1.807, 2.05) is 0 Å². The minimum absolute atomic E-state index is 0.0230. The van der Waals surface area contributed by atoms with E-state index >= 15 is 0 Å². The number of carbonyl (C=O) groups excluding carboxylic acids is 19. The van der Waals surface area contributed by atoms with Crippen LogP contribution in [-0.4, -0.2) is 278 Å². The molecule has 1 fully saturated rings. The zero-order valence-corrected chi connectivity index (χ0v) is 64.2. The Balaban J connectivity index is 3.59. The van der Waals surface area contributed by atoms with Gasteiger partial charge in [0.05, 0.1) is 31.5 Å². The van der Waals surface area contributed by atoms with Crippen molar-refractivity contribution in [1.82, 2.24) is 68.7 Å². The van der Waals surface area contributed by atoms with Crippen molar-refractivity contribution in [3.8, 4) is 0 Å². The highest BCUT2D eigenvalue weighted by Crippen LogP contribution is 2.22. The number of likely N-dealkylation sites (tertiary alicyclic amines) is 1. The second kappa shape index (κ2) is 52.4. The van der Waals surface area contributed by atoms with E-state index in [4.69, 9.17) is 51.6 Å². The molecule has 1 heterocycles. The smallest absolute Gasteiger partial charge is 0.326 e. The summed E-state index contributed by atoms with van der Waals surface area (Å²) in [7, 11) is 0. The van der Waals surface area contributed by atoms with Gasteiger partial charge in [-0.05, 0) is 123 Å². The van der Waals surface area contributed by atoms with E-state index in [1.165, 1.54) is 0 Å². The van der Waals surface area contributed by atoms with E-state index < -0.39 is 285 Å². The molecule has 19 amide bonds. The number of carboxylic acids is 1. The largest absolute Gasteiger partial charge is 0.480 e. The quantitative estimate of drug-likeness (QED) is 0.0251. The van der Waals surface area contributed by atoms with E-state index in [9.17, 15) is 121 Å². The zero-order chi connectivity index (χ0) is 86.8. The van der Waals surface area contributed by atoms with Gasteiger partial charge in [-0.25, -0.2) is 4.79 Å². The van der Waals surface area contributed by atoms with Gasteiger partial charge >= 0.3 is 5.97 Å². The number of primary amides is 6. The van der Waals surface area contributed by atoms with E-state index in [0.29, 0.717) is 6.42 Å². The third-order valence-electron chi connectivity index (χ3n) is 18.1. The summed E-state index contributed by atoms with van der Waals surface area (Å²) in [5.74, 6) is -22.8. The lowest BCUT2D eigenvalue weighted by atomic mass is 9.96. The van der Waals surface area contributed by atoms with Crippen molar-refractivity contribution in [3.05, 3.63) is 0 Å². The Morgan fingerprint density at radius 2 is 0.658 bits per heavy atom. The van der Waals surface area contributed by atoms with Gasteiger partial charge in [-0.1, -0.05) is 20.3 Å². The van der Waals surface area contributed by atoms with Gasteiger partial charge in [-0.2, -0.15) is 0 Å². The van der Waals surface area contributed by atoms with E-state index in [-0.39, 0.29) is 96.7 Å². The number of amides is 19. The van der Waals surface area contributed by atoms with Crippen molar-refractivity contribution in [2.24, 2.45) is 57.5 Å². The molecular weight excluding hydrogens is 1510 g/mol. The van der Waals surface area contributed by atoms with Crippen molar-refractivity contribution in [1.29, 1.82) is 0 Å². The van der Waals surface area contributed by atoms with Crippen LogP contribution in [0, 0.1) is 5.92 Å². The van der Waals surface area contributed by atoms with Gasteiger partial charge in [-0.3, -0.25) is 91.1 Å². The molecule has 0 aromatic rings. The molecule has 1 aliphatic heterocycles. The van der Waals surface area contributed by atoms with Crippen LogP contribution >= 0.6 is 0 Å². The van der Waals surface area contributed by atoms with E-state index in [1.54, 1.807) is 13.8 Å². The molecule has 114 heavy (non-hydrogen) atoms. The molecule has 0 radical (unpaired) electrons. The first-order valence-corrected chi connectivity index (χ1v) is 37.1. The standard InChI is InChI=1S/C67H116N22O25/c1-5-31(2)51(64(110)83-41(67(113)114)19-25-50(76)99)86-58(104)36(12-7-9-27-69)81-63(109)44-13-10-28-89(44)66(112)53(33(4)93)88-60(106)40(18-24-49(75)98)80-56(102)37(15-21-46(72)95)79-55(101)35(11-6-8-26-68)78-61(107)42(29-90)85-62(108)43(30-91)84-57(103)38(16-22-47(73)96)82-65(111)52(32(3)92)87-59(105)39(17-23-48(74)97)77-54(100)34(70)14-20-45(71)94/h31-44,51-53,90-93H,5-30,68-70H2,1-4H3,(H2,71,94)(H2,72,95)(H2,73,96)(H2,74,97)(H2,75,98)(H2,76,99)(H,77,100)(H,78,107)(H,79,101)(H,80,102)(H,81,109)(H,82,111)(H,83,110)(H,84,103)(H,85,108)(H,86,104)(H,87,105)(H,88,106)(H,113,114)/t31-,32+,33+,34-,35-,36-,37-,38-,39-,40-,41-,42-,43-,44-,51-,52-,53-/m0/s1. The molecule has 35 N–H and O–H groups in total. The Kier molecular flexibility index (Phi) is 46.5. The maximum Gasteiger partial charge on any atom is 0.326 e. The summed E-state index contributed by atoms with van der Waals surface area (Å²) >= 11 is 0. The number of rotatable bonds is 58. The van der Waals surface area contributed by atoms with Crippen molar-refractivity contribution in [2.45, 2.75) is 259 Å². The second-order valence-electron chi connectivity index (χ2n) is 27.5. The Morgan fingerprint density at radius 1 is 0.368 bits per heavy atom. The van der Waals surface area contributed by atoms with Crippen molar-refractivity contribution in [3.63, 3.8) is 0 Å². The Bertz CT molecular complexity index is 3350. The van der Waals surface area contributed by atoms with Crippen LogP contribution in [-0.2, 0) is 95.9 Å². The van der Waals surface area contributed by atoms with Gasteiger partial charge in [0, 0.05) is 45.1 Å². The second-order valence-corrected chi connectivity index (χ2v) is 27.5. The lowest BCUT2D eigenvalue weighted by Crippen LogP contribution is -2.62. The SMILES string of the molecule is CC[C@H](C)[C@H](NC(=O)[C@H](CCCCN)NC(=O)[C@@H]1CCCN1C(=O)[C@@H](NC(=O)[C@H](CCC(N)=O)NC(=O)[C@H](CCC(N)=O)NC(=O)[C@H](CCCCN)NC(=O)[C@H](CO)NC(=O)[C@H](CO)NC(=O)[C@H](CCC(N)=O)NC(=O)[C@@H](NC(=O)[C@H](CCC(N)=O)NC(=O)[C@@H](N)CCC(N)=O)[C@@H](C)O)[C@@H](C)O)C(=O)N[C@@H](CCC(N)=O)C(=O)O. The molecule has 17 atom stereocenters. The Hall–Kier alpha value is -10.9. The average molecular weight is 1630 g/mol. The lowest BCUT2D eigenvalue weighted by molar-refractivity contribution is -0.145. The number of carbonyl (C=O) groups is 20. The van der Waals surface area contributed by atoms with Gasteiger partial charge in [0.1, 0.15) is 78.5 Å². The number of aliphatic carboxylic acids is 1. The van der Waals surface area contributed by atoms with Crippen LogP contribution in [0.1, 0.15) is 163 Å². The Morgan fingerprint density at radius 3 is 1.01 bits per heavy atom. The molecule has 1 saturated heterocycles. The molecule has 47 nitrogen and oxygen atoms in total. The summed E-state index contributed by atoms with van der Waals surface area (Å²) in [5, 5.41) is 79.8. The molecule has 0 aromatic carbocycles. The molecule has 0 unspecified atom stereocenters. The summed E-state index contributed by atoms with van der Waals surface area (Å²) in [4.78, 5) is 265. The van der Waals surface area contributed by atoms with E-state index in [2.05, 4.69) is 63.8 Å². The fraction of sp³-hybridized carbons (Fsp3) is 0.701. The predicted molar refractivity (Wildman–Crippen MR) is 397 cm³/mol. The predicted octanol–water partition coefficient (Wildman–Crippen LogP) is -13.1. The number of nitrogens with two attached hydrogens (primary N) is 9. The highest BCUT2D eigenvalue weighted by Gasteiger charge is 2.43. The van der Waals surface area contributed by atoms with Gasteiger partial charge in [0.15, 0.2) is 0 Å². The summed E-state index contributed by atoms with van der Waals surface area (Å²) in [5.41, 5.74) is 49.0. The zero-order valence-electron chi connectivity index (χ0n) is 64.2. The van der Waals surface area contributed by atoms with Crippen LogP contribution in [0.15, 0.2) is 0 Å². The minimum Gasteiger partial charge on any atom is -0.480 e. The topological polar surface area (TPSA) is 824 Å². The van der Waals surface area contributed by atoms with Crippen molar-refractivity contribution >= 4 is 118 Å². The molecule has 0 aliphatic carbocycles. The van der Waals surface area contributed by atoms with Gasteiger partial charge in [0.25, 0.3) is 0 Å². The van der Waals surface area contributed by atoms with Crippen LogP contribution in [0.4, 0.5) is 0 Å². The fourth-order valence-corrected chi connectivity index (χ4v) is 11.3. The summed E-state index contributed by atoms with van der Waals surface area (Å²) in [6, 6.07) is -24.1. The molecule has 47 heteroatoms. The first-order chi connectivity index (χ1) is 53.5. The maximum absolute atomic E-state index is 14.5. The fourth-order valence-electron chi connectivity index (χ4n) is 11.3. The number of carboxylic acid groups (broad SMARTS) is 1. The molecular formula is C67H116N22O25. The molecule has 0 aromatic heterocycles. The number of aliphatic hydroxyl groups is 4. The summed E-state index contributed by atoms with van der Waals surface area (Å²) in [6.45, 7) is 2.90. The molecule has 1 aliphatic rings. The van der Waals surface area contributed by atoms with Crippen LogP contribution in [0.2, 0.25) is 0 Å². The number of nitrogens with one attached hydrogen (secondary N) is 12. The van der Waals surface area contributed by atoms with Crippen LogP contribution in [0.5, 0.6) is 0 Å². The molecule has 0 spiro atoms. The van der Waals surface area contributed by atoms with Crippen LogP contribution in [0.25, 0.3) is 0 Å². The van der Waals surface area contributed by atoms with Crippen molar-refractivity contribution in [2.75, 3.05) is 32.8 Å². The van der Waals surface area contributed by atoms with Crippen LogP contribution in [0.3, 0.4) is 0 Å². The Labute approximate surface area is 655 Å². The summed E-state index contributed by atoms with van der Waals surface area (Å²) in [6.07, 6.45) is -8.79. The van der Waals surface area contributed by atoms with Crippen LogP contribution < -0.4 is 115 Å². The maximum atomic E-state index is 14.5. The summed E-state index contributed by atoms with van der Waals surface area (Å²) < 4.78 is 0. The monoisotopic (exact) mass is 1630 g/mol. The third-order valence-corrected chi connectivity index (χ3v) is 18.1. The normalized spacial score (nSPS) is 16.7. The number of hydrogen-bond donors (Lipinski definition) is 26. The van der Waals surface area contributed by atoms with Crippen molar-refractivity contribution < 1.29 is 121 Å². The molecule has 644 valence electrons. The first kappa shape index (κ1) is 101. The number of nitrogens with zero attached hydrogens (tertiary/aromatic N) is 1. The van der Waals surface area contributed by atoms with Gasteiger partial charge < -0.3 is 146 Å².